The number of rotatable bonds is 4. The third kappa shape index (κ3) is 3.40. The summed E-state index contributed by atoms with van der Waals surface area (Å²) in [6.45, 7) is 0.500. The van der Waals surface area contributed by atoms with Gasteiger partial charge < -0.3 is 15.2 Å². The first-order valence-corrected chi connectivity index (χ1v) is 6.28. The van der Waals surface area contributed by atoms with E-state index in [1.54, 1.807) is 13.2 Å². The lowest BCUT2D eigenvalue weighted by molar-refractivity contribution is 0.306. The topological polar surface area (TPSA) is 44.5 Å². The van der Waals surface area contributed by atoms with E-state index in [1.165, 1.54) is 0 Å². The molecule has 3 nitrogen and oxygen atoms in total. The molecule has 0 aliphatic carbocycles. The van der Waals surface area contributed by atoms with Gasteiger partial charge in [-0.05, 0) is 29.8 Å². The Labute approximate surface area is 115 Å². The van der Waals surface area contributed by atoms with Crippen LogP contribution in [0.5, 0.6) is 11.5 Å². The number of methoxy groups -OCH3 is 1. The average Bonchev–Trinajstić information content (AvgIpc) is 2.36. The average molecular weight is 308 g/mol. The molecule has 0 amide bonds. The second-order valence-electron chi connectivity index (χ2n) is 3.86. The van der Waals surface area contributed by atoms with Crippen molar-refractivity contribution in [3.63, 3.8) is 0 Å². The van der Waals surface area contributed by atoms with Crippen LogP contribution in [0, 0.1) is 0 Å². The first kappa shape index (κ1) is 12.8. The Balaban J connectivity index is 2.01. The van der Waals surface area contributed by atoms with E-state index in [2.05, 4.69) is 15.9 Å². The zero-order valence-corrected chi connectivity index (χ0v) is 11.6. The minimum absolute atomic E-state index is 0.500. The second kappa shape index (κ2) is 5.78. The summed E-state index contributed by atoms with van der Waals surface area (Å²) in [6, 6.07) is 13.3. The maximum Gasteiger partial charge on any atom is 0.122 e. The van der Waals surface area contributed by atoms with E-state index in [-0.39, 0.29) is 0 Å². The van der Waals surface area contributed by atoms with Crippen molar-refractivity contribution in [2.45, 2.75) is 6.61 Å². The van der Waals surface area contributed by atoms with Gasteiger partial charge in [-0.15, -0.1) is 0 Å². The minimum Gasteiger partial charge on any atom is -0.497 e. The molecule has 2 rings (SSSR count). The van der Waals surface area contributed by atoms with Gasteiger partial charge in [-0.1, -0.05) is 28.1 Å². The van der Waals surface area contributed by atoms with E-state index in [1.807, 2.05) is 36.4 Å². The van der Waals surface area contributed by atoms with E-state index in [0.29, 0.717) is 12.3 Å². The number of anilines is 1. The van der Waals surface area contributed by atoms with Crippen molar-refractivity contribution in [3.8, 4) is 11.5 Å². The van der Waals surface area contributed by atoms with Crippen molar-refractivity contribution >= 4 is 21.6 Å². The normalized spacial score (nSPS) is 10.1. The van der Waals surface area contributed by atoms with Crippen LogP contribution in [0.15, 0.2) is 46.9 Å². The standard InChI is InChI=1S/C14H14BrNO2/c1-17-13-4-2-10(3-5-13)9-18-14-7-11(15)6-12(16)8-14/h2-8H,9,16H2,1H3. The van der Waals surface area contributed by atoms with E-state index in [9.17, 15) is 0 Å². The maximum absolute atomic E-state index is 5.74. The molecule has 2 N–H and O–H groups in total. The molecule has 0 aromatic heterocycles. The van der Waals surface area contributed by atoms with Gasteiger partial charge in [0.05, 0.1) is 7.11 Å². The summed E-state index contributed by atoms with van der Waals surface area (Å²) in [5.41, 5.74) is 7.49. The monoisotopic (exact) mass is 307 g/mol. The van der Waals surface area contributed by atoms with E-state index in [4.69, 9.17) is 15.2 Å². The highest BCUT2D eigenvalue weighted by molar-refractivity contribution is 9.10. The molecule has 4 heteroatoms. The van der Waals surface area contributed by atoms with Gasteiger partial charge in [0.25, 0.3) is 0 Å². The molecule has 18 heavy (non-hydrogen) atoms. The van der Waals surface area contributed by atoms with Gasteiger partial charge >= 0.3 is 0 Å². The van der Waals surface area contributed by atoms with Crippen LogP contribution in [0.4, 0.5) is 5.69 Å². The van der Waals surface area contributed by atoms with Crippen molar-refractivity contribution in [2.24, 2.45) is 0 Å². The number of hydrogen-bond acceptors (Lipinski definition) is 3. The summed E-state index contributed by atoms with van der Waals surface area (Å²) in [5.74, 6) is 1.59. The van der Waals surface area contributed by atoms with Crippen LogP contribution in [-0.2, 0) is 6.61 Å². The molecule has 0 aliphatic heterocycles. The highest BCUT2D eigenvalue weighted by atomic mass is 79.9. The van der Waals surface area contributed by atoms with Gasteiger partial charge in [0.15, 0.2) is 0 Å². The molecule has 0 fully saturated rings. The van der Waals surface area contributed by atoms with Gasteiger partial charge in [0.1, 0.15) is 18.1 Å². The highest BCUT2D eigenvalue weighted by Gasteiger charge is 2.00. The molecule has 0 saturated heterocycles. The van der Waals surface area contributed by atoms with E-state index >= 15 is 0 Å². The number of halogens is 1. The number of ether oxygens (including phenoxy) is 2. The summed E-state index contributed by atoms with van der Waals surface area (Å²) in [4.78, 5) is 0. The zero-order valence-electron chi connectivity index (χ0n) is 10.0. The molecular formula is C14H14BrNO2. The zero-order chi connectivity index (χ0) is 13.0. The van der Waals surface area contributed by atoms with Crippen LogP contribution < -0.4 is 15.2 Å². The molecule has 0 radical (unpaired) electrons. The maximum atomic E-state index is 5.74. The van der Waals surface area contributed by atoms with Crippen molar-refractivity contribution in [1.29, 1.82) is 0 Å². The molecule has 0 bridgehead atoms. The quantitative estimate of drug-likeness (QED) is 0.877. The van der Waals surface area contributed by atoms with Crippen LogP contribution in [-0.4, -0.2) is 7.11 Å². The predicted molar refractivity (Wildman–Crippen MR) is 75.9 cm³/mol. The van der Waals surface area contributed by atoms with Crippen molar-refractivity contribution < 1.29 is 9.47 Å². The highest BCUT2D eigenvalue weighted by Crippen LogP contribution is 2.23. The fourth-order valence-electron chi connectivity index (χ4n) is 1.56. The van der Waals surface area contributed by atoms with Crippen LogP contribution >= 0.6 is 15.9 Å². The Hall–Kier alpha value is -1.68. The molecule has 0 aliphatic rings. The van der Waals surface area contributed by atoms with Crippen LogP contribution in [0.25, 0.3) is 0 Å². The van der Waals surface area contributed by atoms with Gasteiger partial charge in [0.2, 0.25) is 0 Å². The van der Waals surface area contributed by atoms with Crippen molar-refractivity contribution in [2.75, 3.05) is 12.8 Å². The summed E-state index contributed by atoms with van der Waals surface area (Å²) in [5, 5.41) is 0. The third-order valence-corrected chi connectivity index (χ3v) is 2.92. The predicted octanol–water partition coefficient (Wildman–Crippen LogP) is 3.62. The van der Waals surface area contributed by atoms with Crippen LogP contribution in [0.3, 0.4) is 0 Å². The minimum atomic E-state index is 0.500. The molecule has 0 spiro atoms. The molecule has 94 valence electrons. The van der Waals surface area contributed by atoms with Gasteiger partial charge in [0, 0.05) is 16.2 Å². The summed E-state index contributed by atoms with van der Waals surface area (Å²) >= 11 is 3.38. The lowest BCUT2D eigenvalue weighted by Crippen LogP contribution is -1.96. The van der Waals surface area contributed by atoms with Crippen LogP contribution in [0.1, 0.15) is 5.56 Å². The SMILES string of the molecule is COc1ccc(COc2cc(N)cc(Br)c2)cc1. The molecule has 0 atom stereocenters. The Morgan fingerprint density at radius 3 is 2.39 bits per heavy atom. The first-order chi connectivity index (χ1) is 8.67. The Bertz CT molecular complexity index is 506. The Kier molecular flexibility index (Phi) is 4.10. The summed E-state index contributed by atoms with van der Waals surface area (Å²) in [6.07, 6.45) is 0. The van der Waals surface area contributed by atoms with Gasteiger partial charge in [-0.3, -0.25) is 0 Å². The fraction of sp³-hybridized carbons (Fsp3) is 0.143. The lowest BCUT2D eigenvalue weighted by Gasteiger charge is -2.08. The molecule has 2 aromatic rings. The molecule has 0 heterocycles. The number of benzene rings is 2. The summed E-state index contributed by atoms with van der Waals surface area (Å²) < 4.78 is 11.7. The molecule has 2 aromatic carbocycles. The Morgan fingerprint density at radius 2 is 1.78 bits per heavy atom. The number of nitrogen functional groups attached to an aromatic ring is 1. The van der Waals surface area contributed by atoms with Gasteiger partial charge in [-0.25, -0.2) is 0 Å². The summed E-state index contributed by atoms with van der Waals surface area (Å²) in [7, 11) is 1.65. The second-order valence-corrected chi connectivity index (χ2v) is 4.77. The van der Waals surface area contributed by atoms with E-state index < -0.39 is 0 Å². The smallest absolute Gasteiger partial charge is 0.122 e. The van der Waals surface area contributed by atoms with Crippen molar-refractivity contribution in [1.82, 2.24) is 0 Å². The van der Waals surface area contributed by atoms with Crippen LogP contribution in [0.2, 0.25) is 0 Å². The number of hydrogen-bond donors (Lipinski definition) is 1. The van der Waals surface area contributed by atoms with Gasteiger partial charge in [-0.2, -0.15) is 0 Å². The fourth-order valence-corrected chi connectivity index (χ4v) is 2.05. The molecular weight excluding hydrogens is 294 g/mol. The largest absolute Gasteiger partial charge is 0.497 e. The first-order valence-electron chi connectivity index (χ1n) is 5.49. The Morgan fingerprint density at radius 1 is 1.06 bits per heavy atom. The molecule has 0 unspecified atom stereocenters. The number of nitrogens with two attached hydrogens (primary N) is 1. The third-order valence-electron chi connectivity index (χ3n) is 2.46. The molecule has 0 saturated carbocycles. The lowest BCUT2D eigenvalue weighted by atomic mass is 10.2. The van der Waals surface area contributed by atoms with E-state index in [0.717, 1.165) is 21.5 Å². The van der Waals surface area contributed by atoms with Crippen molar-refractivity contribution in [3.05, 3.63) is 52.5 Å².